The van der Waals surface area contributed by atoms with Crippen LogP contribution in [0.2, 0.25) is 0 Å². The molecule has 0 atom stereocenters. The molecule has 23 heavy (non-hydrogen) atoms. The standard InChI is InChI=1S/C17H21N3O3/c1-12-4-6-13(7-5-12)18-15(21)10-14-19-16(23-20-14)11-17(22)8-2-3-9-17/h4-7,22H,2-3,8-11H2,1H3,(H,18,21). The van der Waals surface area contributed by atoms with Gasteiger partial charge in [-0.1, -0.05) is 35.7 Å². The fraction of sp³-hybridized carbons (Fsp3) is 0.471. The molecule has 1 amide bonds. The lowest BCUT2D eigenvalue weighted by molar-refractivity contribution is -0.115. The Kier molecular flexibility index (Phi) is 4.43. The number of carbonyl (C=O) groups excluding carboxylic acids is 1. The number of rotatable bonds is 5. The Balaban J connectivity index is 1.55. The number of hydrogen-bond acceptors (Lipinski definition) is 5. The molecule has 2 N–H and O–H groups in total. The number of amides is 1. The minimum atomic E-state index is -0.728. The van der Waals surface area contributed by atoms with Crippen molar-refractivity contribution in [3.8, 4) is 0 Å². The first-order valence-electron chi connectivity index (χ1n) is 7.93. The number of hydrogen-bond donors (Lipinski definition) is 2. The summed E-state index contributed by atoms with van der Waals surface area (Å²) in [5, 5.41) is 17.0. The molecule has 1 aliphatic rings. The van der Waals surface area contributed by atoms with Crippen LogP contribution >= 0.6 is 0 Å². The van der Waals surface area contributed by atoms with Crippen LogP contribution in [-0.4, -0.2) is 26.8 Å². The van der Waals surface area contributed by atoms with Crippen LogP contribution in [0.4, 0.5) is 5.69 Å². The molecule has 0 bridgehead atoms. The average molecular weight is 315 g/mol. The Hall–Kier alpha value is -2.21. The molecule has 2 aromatic rings. The lowest BCUT2D eigenvalue weighted by atomic mass is 9.98. The van der Waals surface area contributed by atoms with Gasteiger partial charge in [-0.15, -0.1) is 0 Å². The van der Waals surface area contributed by atoms with E-state index in [1.165, 1.54) is 0 Å². The zero-order valence-electron chi connectivity index (χ0n) is 13.2. The SMILES string of the molecule is Cc1ccc(NC(=O)Cc2noc(CC3(O)CCCC3)n2)cc1. The van der Waals surface area contributed by atoms with Crippen molar-refractivity contribution in [3.05, 3.63) is 41.5 Å². The van der Waals surface area contributed by atoms with Gasteiger partial charge in [-0.25, -0.2) is 0 Å². The number of aryl methyl sites for hydroxylation is 1. The molecule has 0 saturated heterocycles. The van der Waals surface area contributed by atoms with Crippen molar-refractivity contribution in [3.63, 3.8) is 0 Å². The molecule has 0 unspecified atom stereocenters. The second-order valence-electron chi connectivity index (χ2n) is 6.30. The predicted molar refractivity (Wildman–Crippen MR) is 84.9 cm³/mol. The smallest absolute Gasteiger partial charge is 0.232 e. The van der Waals surface area contributed by atoms with Crippen molar-refractivity contribution in [2.75, 3.05) is 5.32 Å². The van der Waals surface area contributed by atoms with E-state index < -0.39 is 5.60 Å². The molecule has 0 spiro atoms. The summed E-state index contributed by atoms with van der Waals surface area (Å²) in [5.41, 5.74) is 1.15. The second-order valence-corrected chi connectivity index (χ2v) is 6.30. The summed E-state index contributed by atoms with van der Waals surface area (Å²) in [6, 6.07) is 7.57. The first kappa shape index (κ1) is 15.7. The molecule has 1 aromatic heterocycles. The second kappa shape index (κ2) is 6.50. The van der Waals surface area contributed by atoms with Crippen LogP contribution in [-0.2, 0) is 17.6 Å². The molecule has 3 rings (SSSR count). The molecule has 0 radical (unpaired) electrons. The number of nitrogens with zero attached hydrogens (tertiary/aromatic N) is 2. The van der Waals surface area contributed by atoms with Gasteiger partial charge in [0.05, 0.1) is 18.4 Å². The number of aromatic nitrogens is 2. The van der Waals surface area contributed by atoms with Gasteiger partial charge in [0, 0.05) is 5.69 Å². The van der Waals surface area contributed by atoms with Crippen LogP contribution < -0.4 is 5.32 Å². The summed E-state index contributed by atoms with van der Waals surface area (Å²) in [7, 11) is 0. The predicted octanol–water partition coefficient (Wildman–Crippen LogP) is 2.41. The fourth-order valence-corrected chi connectivity index (χ4v) is 2.91. The van der Waals surface area contributed by atoms with E-state index in [0.717, 1.165) is 36.9 Å². The minimum Gasteiger partial charge on any atom is -0.389 e. The summed E-state index contributed by atoms with van der Waals surface area (Å²) in [6.45, 7) is 1.99. The van der Waals surface area contributed by atoms with E-state index in [2.05, 4.69) is 15.5 Å². The number of benzene rings is 1. The molecule has 0 aliphatic heterocycles. The van der Waals surface area contributed by atoms with Crippen LogP contribution in [0.5, 0.6) is 0 Å². The molecule has 6 nitrogen and oxygen atoms in total. The third-order valence-electron chi connectivity index (χ3n) is 4.18. The van der Waals surface area contributed by atoms with Crippen molar-refractivity contribution in [2.24, 2.45) is 0 Å². The van der Waals surface area contributed by atoms with Gasteiger partial charge < -0.3 is 14.9 Å². The summed E-state index contributed by atoms with van der Waals surface area (Å²) in [4.78, 5) is 16.2. The summed E-state index contributed by atoms with van der Waals surface area (Å²) in [5.74, 6) is 0.541. The fourth-order valence-electron chi connectivity index (χ4n) is 2.91. The molecule has 1 heterocycles. The molecule has 122 valence electrons. The number of carbonyl (C=O) groups is 1. The lowest BCUT2D eigenvalue weighted by Crippen LogP contribution is -2.27. The van der Waals surface area contributed by atoms with Gasteiger partial charge in [0.2, 0.25) is 11.8 Å². The monoisotopic (exact) mass is 315 g/mol. The van der Waals surface area contributed by atoms with E-state index in [9.17, 15) is 9.90 Å². The van der Waals surface area contributed by atoms with Gasteiger partial charge in [0.25, 0.3) is 0 Å². The lowest BCUT2D eigenvalue weighted by Gasteiger charge is -2.18. The zero-order chi connectivity index (χ0) is 16.3. The van der Waals surface area contributed by atoms with E-state index >= 15 is 0 Å². The van der Waals surface area contributed by atoms with Gasteiger partial charge >= 0.3 is 0 Å². The van der Waals surface area contributed by atoms with Crippen molar-refractivity contribution in [1.82, 2.24) is 10.1 Å². The normalized spacial score (nSPS) is 16.4. The van der Waals surface area contributed by atoms with Crippen LogP contribution in [0.15, 0.2) is 28.8 Å². The highest BCUT2D eigenvalue weighted by atomic mass is 16.5. The summed E-state index contributed by atoms with van der Waals surface area (Å²) in [6.07, 6.45) is 3.99. The topological polar surface area (TPSA) is 88.2 Å². The highest BCUT2D eigenvalue weighted by molar-refractivity contribution is 5.91. The van der Waals surface area contributed by atoms with Gasteiger partial charge in [-0.3, -0.25) is 4.79 Å². The van der Waals surface area contributed by atoms with Crippen LogP contribution in [0, 0.1) is 6.92 Å². The van der Waals surface area contributed by atoms with Crippen molar-refractivity contribution < 1.29 is 14.4 Å². The Labute approximate surface area is 134 Å². The third-order valence-corrected chi connectivity index (χ3v) is 4.18. The Morgan fingerprint density at radius 1 is 1.30 bits per heavy atom. The molecule has 1 aromatic carbocycles. The van der Waals surface area contributed by atoms with Crippen molar-refractivity contribution >= 4 is 11.6 Å². The van der Waals surface area contributed by atoms with Gasteiger partial charge in [0.15, 0.2) is 5.82 Å². The largest absolute Gasteiger partial charge is 0.389 e. The highest BCUT2D eigenvalue weighted by Gasteiger charge is 2.33. The number of aliphatic hydroxyl groups is 1. The van der Waals surface area contributed by atoms with Gasteiger partial charge in [-0.2, -0.15) is 4.98 Å². The van der Waals surface area contributed by atoms with E-state index in [4.69, 9.17) is 4.52 Å². The highest BCUT2D eigenvalue weighted by Crippen LogP contribution is 2.32. The Bertz CT molecular complexity index is 673. The molecule has 1 fully saturated rings. The average Bonchev–Trinajstić information content (AvgIpc) is 3.11. The van der Waals surface area contributed by atoms with Crippen molar-refractivity contribution in [1.29, 1.82) is 0 Å². The summed E-state index contributed by atoms with van der Waals surface area (Å²) < 4.78 is 5.16. The first-order chi connectivity index (χ1) is 11.0. The van der Waals surface area contributed by atoms with E-state index in [-0.39, 0.29) is 12.3 Å². The van der Waals surface area contributed by atoms with Crippen LogP contribution in [0.25, 0.3) is 0 Å². The van der Waals surface area contributed by atoms with Gasteiger partial charge in [0.1, 0.15) is 0 Å². The van der Waals surface area contributed by atoms with E-state index in [1.807, 2.05) is 31.2 Å². The van der Waals surface area contributed by atoms with Crippen LogP contribution in [0.1, 0.15) is 43.0 Å². The number of nitrogens with one attached hydrogen (secondary N) is 1. The minimum absolute atomic E-state index is 0.0514. The van der Waals surface area contributed by atoms with Crippen LogP contribution in [0.3, 0.4) is 0 Å². The summed E-state index contributed by atoms with van der Waals surface area (Å²) >= 11 is 0. The molecular formula is C17H21N3O3. The Morgan fingerprint density at radius 3 is 2.70 bits per heavy atom. The maximum atomic E-state index is 12.0. The Morgan fingerprint density at radius 2 is 2.00 bits per heavy atom. The molecular weight excluding hydrogens is 294 g/mol. The molecule has 1 aliphatic carbocycles. The number of anilines is 1. The third kappa shape index (κ3) is 4.16. The molecule has 1 saturated carbocycles. The van der Waals surface area contributed by atoms with Crippen molar-refractivity contribution in [2.45, 2.75) is 51.0 Å². The zero-order valence-corrected chi connectivity index (χ0v) is 13.2. The van der Waals surface area contributed by atoms with E-state index in [1.54, 1.807) is 0 Å². The first-order valence-corrected chi connectivity index (χ1v) is 7.93. The maximum absolute atomic E-state index is 12.0. The molecule has 6 heteroatoms. The van der Waals surface area contributed by atoms with E-state index in [0.29, 0.717) is 18.1 Å². The van der Waals surface area contributed by atoms with Gasteiger partial charge in [-0.05, 0) is 31.9 Å². The quantitative estimate of drug-likeness (QED) is 0.884. The maximum Gasteiger partial charge on any atom is 0.232 e.